The maximum atomic E-state index is 11.4. The minimum absolute atomic E-state index is 0.335. The molecule has 0 aromatic carbocycles. The molecule has 1 saturated carbocycles. The van der Waals surface area contributed by atoms with E-state index in [1.165, 1.54) is 19.3 Å². The summed E-state index contributed by atoms with van der Waals surface area (Å²) in [6, 6.07) is -2.15. The van der Waals surface area contributed by atoms with Crippen LogP contribution in [0.2, 0.25) is 0 Å². The normalized spacial score (nSPS) is 15.7. The third-order valence-corrected chi connectivity index (χ3v) is 3.36. The maximum Gasteiger partial charge on any atom is 0.315 e. The van der Waals surface area contributed by atoms with Gasteiger partial charge >= 0.3 is 6.03 Å². The minimum atomic E-state index is -1.50. The lowest BCUT2D eigenvalue weighted by Gasteiger charge is -2.22. The summed E-state index contributed by atoms with van der Waals surface area (Å²) in [5.41, 5.74) is 9.89. The summed E-state index contributed by atoms with van der Waals surface area (Å²) in [6.45, 7) is 0.947. The molecule has 0 bridgehead atoms. The second kappa shape index (κ2) is 9.17. The molecule has 0 unspecified atom stereocenters. The first kappa shape index (κ1) is 17.2. The van der Waals surface area contributed by atoms with E-state index in [2.05, 4.69) is 10.6 Å². The Morgan fingerprint density at radius 3 is 2.29 bits per heavy atom. The van der Waals surface area contributed by atoms with Gasteiger partial charge in [-0.3, -0.25) is 9.59 Å². The number of hydrogen-bond acceptors (Lipinski definition) is 4. The van der Waals surface area contributed by atoms with Gasteiger partial charge in [-0.05, 0) is 19.3 Å². The molecule has 120 valence electrons. The van der Waals surface area contributed by atoms with Crippen molar-refractivity contribution in [1.29, 1.82) is 0 Å². The zero-order valence-electron chi connectivity index (χ0n) is 12.1. The molecule has 1 rings (SSSR count). The quantitative estimate of drug-likeness (QED) is 0.350. The molecule has 1 aliphatic carbocycles. The Kier molecular flexibility index (Phi) is 7.52. The summed E-state index contributed by atoms with van der Waals surface area (Å²) in [7, 11) is 0. The fourth-order valence-corrected chi connectivity index (χ4v) is 2.22. The number of primary amides is 2. The molecule has 0 spiro atoms. The van der Waals surface area contributed by atoms with Crippen molar-refractivity contribution in [3.05, 3.63) is 0 Å². The van der Waals surface area contributed by atoms with Crippen molar-refractivity contribution in [3.8, 4) is 0 Å². The SMILES string of the molecule is NC(=O)C(NC(=O)NCCCOC1CCCCC1)C(N)=O. The van der Waals surface area contributed by atoms with Crippen LogP contribution >= 0.6 is 0 Å². The van der Waals surface area contributed by atoms with Crippen molar-refractivity contribution in [2.75, 3.05) is 13.2 Å². The van der Waals surface area contributed by atoms with Crippen LogP contribution in [0.3, 0.4) is 0 Å². The van der Waals surface area contributed by atoms with Gasteiger partial charge in [0.25, 0.3) is 0 Å². The zero-order chi connectivity index (χ0) is 15.7. The van der Waals surface area contributed by atoms with Gasteiger partial charge in [-0.25, -0.2) is 4.79 Å². The van der Waals surface area contributed by atoms with Crippen molar-refractivity contribution >= 4 is 17.8 Å². The maximum absolute atomic E-state index is 11.4. The molecule has 8 heteroatoms. The first-order valence-electron chi connectivity index (χ1n) is 7.25. The van der Waals surface area contributed by atoms with Crippen molar-refractivity contribution in [2.45, 2.75) is 50.7 Å². The topological polar surface area (TPSA) is 137 Å². The van der Waals surface area contributed by atoms with Crippen molar-refractivity contribution in [3.63, 3.8) is 0 Å². The van der Waals surface area contributed by atoms with Gasteiger partial charge in [0.1, 0.15) is 0 Å². The predicted octanol–water partition coefficient (Wildman–Crippen LogP) is -0.636. The highest BCUT2D eigenvalue weighted by Crippen LogP contribution is 2.20. The molecule has 6 N–H and O–H groups in total. The summed E-state index contributed by atoms with van der Waals surface area (Å²) >= 11 is 0. The fourth-order valence-electron chi connectivity index (χ4n) is 2.22. The van der Waals surface area contributed by atoms with Crippen LogP contribution in [0.4, 0.5) is 4.79 Å². The molecule has 0 atom stereocenters. The molecule has 0 heterocycles. The number of nitrogens with two attached hydrogens (primary N) is 2. The monoisotopic (exact) mass is 300 g/mol. The predicted molar refractivity (Wildman–Crippen MR) is 76.2 cm³/mol. The summed E-state index contributed by atoms with van der Waals surface area (Å²) in [6.07, 6.45) is 6.91. The van der Waals surface area contributed by atoms with Crippen LogP contribution in [0.5, 0.6) is 0 Å². The number of carbonyl (C=O) groups excluding carboxylic acids is 3. The van der Waals surface area contributed by atoms with Gasteiger partial charge in [-0.2, -0.15) is 0 Å². The lowest BCUT2D eigenvalue weighted by Crippen LogP contribution is -2.55. The number of rotatable bonds is 8. The molecular formula is C13H24N4O4. The lowest BCUT2D eigenvalue weighted by molar-refractivity contribution is -0.128. The minimum Gasteiger partial charge on any atom is -0.378 e. The van der Waals surface area contributed by atoms with E-state index in [0.29, 0.717) is 25.7 Å². The highest BCUT2D eigenvalue weighted by atomic mass is 16.5. The van der Waals surface area contributed by atoms with Crippen LogP contribution in [-0.4, -0.2) is 43.1 Å². The van der Waals surface area contributed by atoms with E-state index in [9.17, 15) is 14.4 Å². The summed E-state index contributed by atoms with van der Waals surface area (Å²) in [5.74, 6) is -1.98. The Morgan fingerprint density at radius 1 is 1.10 bits per heavy atom. The zero-order valence-corrected chi connectivity index (χ0v) is 12.1. The average Bonchev–Trinajstić information content (AvgIpc) is 2.45. The van der Waals surface area contributed by atoms with Gasteiger partial charge in [0, 0.05) is 13.2 Å². The Morgan fingerprint density at radius 2 is 1.71 bits per heavy atom. The van der Waals surface area contributed by atoms with E-state index in [4.69, 9.17) is 16.2 Å². The molecular weight excluding hydrogens is 276 g/mol. The van der Waals surface area contributed by atoms with Crippen LogP contribution in [0.1, 0.15) is 38.5 Å². The third kappa shape index (κ3) is 6.94. The van der Waals surface area contributed by atoms with E-state index in [1.54, 1.807) is 0 Å². The number of ether oxygens (including phenoxy) is 1. The first-order chi connectivity index (χ1) is 10.0. The lowest BCUT2D eigenvalue weighted by atomic mass is 9.98. The van der Waals surface area contributed by atoms with E-state index in [-0.39, 0.29) is 0 Å². The molecule has 0 saturated heterocycles. The van der Waals surface area contributed by atoms with Crippen molar-refractivity contribution < 1.29 is 19.1 Å². The smallest absolute Gasteiger partial charge is 0.315 e. The highest BCUT2D eigenvalue weighted by molar-refractivity contribution is 6.05. The molecule has 1 aliphatic rings. The summed E-state index contributed by atoms with van der Waals surface area (Å²) in [5, 5.41) is 4.63. The van der Waals surface area contributed by atoms with Crippen LogP contribution in [0, 0.1) is 0 Å². The second-order valence-electron chi connectivity index (χ2n) is 5.12. The Balaban J connectivity index is 2.09. The summed E-state index contributed by atoms with van der Waals surface area (Å²) < 4.78 is 5.70. The van der Waals surface area contributed by atoms with Gasteiger partial charge in [0.05, 0.1) is 6.10 Å². The first-order valence-corrected chi connectivity index (χ1v) is 7.25. The Labute approximate surface area is 123 Å². The molecule has 4 amide bonds. The van der Waals surface area contributed by atoms with Crippen molar-refractivity contribution in [1.82, 2.24) is 10.6 Å². The number of urea groups is 1. The Bertz CT molecular complexity index is 355. The number of amides is 4. The van der Waals surface area contributed by atoms with Crippen LogP contribution in [-0.2, 0) is 14.3 Å². The number of hydrogen-bond donors (Lipinski definition) is 4. The van der Waals surface area contributed by atoms with E-state index < -0.39 is 23.9 Å². The van der Waals surface area contributed by atoms with E-state index in [1.807, 2.05) is 0 Å². The Hall–Kier alpha value is -1.83. The standard InChI is InChI=1S/C13H24N4O4/c14-11(18)10(12(15)19)17-13(20)16-7-4-8-21-9-5-2-1-3-6-9/h9-10H,1-8H2,(H2,14,18)(H2,15,19)(H2,16,17,20). The average molecular weight is 300 g/mol. The molecule has 0 radical (unpaired) electrons. The van der Waals surface area contributed by atoms with Gasteiger partial charge < -0.3 is 26.8 Å². The largest absolute Gasteiger partial charge is 0.378 e. The van der Waals surface area contributed by atoms with Gasteiger partial charge in [-0.1, -0.05) is 19.3 Å². The highest BCUT2D eigenvalue weighted by Gasteiger charge is 2.23. The number of carbonyl (C=O) groups is 3. The fraction of sp³-hybridized carbons (Fsp3) is 0.769. The molecule has 0 aliphatic heterocycles. The van der Waals surface area contributed by atoms with Crippen LogP contribution in [0.15, 0.2) is 0 Å². The van der Waals surface area contributed by atoms with E-state index in [0.717, 1.165) is 12.8 Å². The second-order valence-corrected chi connectivity index (χ2v) is 5.12. The van der Waals surface area contributed by atoms with Gasteiger partial charge in [0.2, 0.25) is 11.8 Å². The third-order valence-electron chi connectivity index (χ3n) is 3.36. The van der Waals surface area contributed by atoms with Gasteiger partial charge in [-0.15, -0.1) is 0 Å². The van der Waals surface area contributed by atoms with Crippen LogP contribution in [0.25, 0.3) is 0 Å². The summed E-state index contributed by atoms with van der Waals surface area (Å²) in [4.78, 5) is 33.2. The van der Waals surface area contributed by atoms with Crippen LogP contribution < -0.4 is 22.1 Å². The number of nitrogens with one attached hydrogen (secondary N) is 2. The van der Waals surface area contributed by atoms with Gasteiger partial charge in [0.15, 0.2) is 6.04 Å². The van der Waals surface area contributed by atoms with Crippen molar-refractivity contribution in [2.24, 2.45) is 11.5 Å². The molecule has 0 aromatic rings. The molecule has 21 heavy (non-hydrogen) atoms. The molecule has 1 fully saturated rings. The van der Waals surface area contributed by atoms with E-state index >= 15 is 0 Å². The molecule has 0 aromatic heterocycles. The molecule has 8 nitrogen and oxygen atoms in total.